The van der Waals surface area contributed by atoms with Gasteiger partial charge in [-0.15, -0.1) is 0 Å². The maximum atomic E-state index is 11.4. The highest BCUT2D eigenvalue weighted by Crippen LogP contribution is 2.32. The molecule has 1 N–H and O–H groups in total. The van der Waals surface area contributed by atoms with Gasteiger partial charge in [-0.2, -0.15) is 0 Å². The maximum Gasteiger partial charge on any atom is 0.323 e. The Labute approximate surface area is 78.8 Å². The average molecular weight is 183 g/mol. The van der Waals surface area contributed by atoms with E-state index in [9.17, 15) is 4.79 Å². The summed E-state index contributed by atoms with van der Waals surface area (Å²) in [5, 5.41) is 3.14. The molecule has 1 heterocycles. The first kappa shape index (κ1) is 9.00. The minimum atomic E-state index is -0.0434. The molecule has 2 fully saturated rings. The summed E-state index contributed by atoms with van der Waals surface area (Å²) >= 11 is 0. The third-order valence-corrected chi connectivity index (χ3v) is 2.81. The van der Waals surface area contributed by atoms with Gasteiger partial charge >= 0.3 is 5.97 Å². The molecule has 1 atom stereocenters. The van der Waals surface area contributed by atoms with Gasteiger partial charge in [0.2, 0.25) is 0 Å². The second-order valence-electron chi connectivity index (χ2n) is 4.05. The first-order valence-electron chi connectivity index (χ1n) is 5.26. The first-order valence-corrected chi connectivity index (χ1v) is 5.26. The number of esters is 1. The molecular formula is C10H17NO2. The highest BCUT2D eigenvalue weighted by Gasteiger charge is 2.25. The molecule has 1 aliphatic carbocycles. The van der Waals surface area contributed by atoms with Crippen LogP contribution in [0.15, 0.2) is 0 Å². The predicted molar refractivity (Wildman–Crippen MR) is 49.3 cm³/mol. The van der Waals surface area contributed by atoms with Gasteiger partial charge in [0.25, 0.3) is 0 Å². The van der Waals surface area contributed by atoms with Gasteiger partial charge in [0.1, 0.15) is 6.04 Å². The lowest BCUT2D eigenvalue weighted by molar-refractivity contribution is -0.145. The van der Waals surface area contributed by atoms with Crippen molar-refractivity contribution in [2.75, 3.05) is 13.2 Å². The molecule has 1 saturated heterocycles. The fourth-order valence-corrected chi connectivity index (χ4v) is 1.72. The van der Waals surface area contributed by atoms with Crippen molar-refractivity contribution in [2.45, 2.75) is 38.1 Å². The standard InChI is InChI=1S/C10H17NO2/c12-10(9-2-1-6-11-9)13-7-5-8-3-4-8/h8-9,11H,1-7H2/t9-/m0/s1. The molecule has 2 rings (SSSR count). The second kappa shape index (κ2) is 4.09. The molecular weight excluding hydrogens is 166 g/mol. The Morgan fingerprint density at radius 3 is 2.85 bits per heavy atom. The van der Waals surface area contributed by atoms with E-state index in [2.05, 4.69) is 5.32 Å². The minimum Gasteiger partial charge on any atom is -0.465 e. The Hall–Kier alpha value is -0.570. The monoisotopic (exact) mass is 183 g/mol. The summed E-state index contributed by atoms with van der Waals surface area (Å²) in [6.07, 6.45) is 5.78. The van der Waals surface area contributed by atoms with Crippen molar-refractivity contribution in [1.82, 2.24) is 5.32 Å². The Kier molecular flexibility index (Phi) is 2.83. The van der Waals surface area contributed by atoms with Gasteiger partial charge in [-0.05, 0) is 31.7 Å². The van der Waals surface area contributed by atoms with E-state index in [0.717, 1.165) is 31.7 Å². The molecule has 0 aromatic carbocycles. The molecule has 0 amide bonds. The van der Waals surface area contributed by atoms with Gasteiger partial charge in [0.05, 0.1) is 6.61 Å². The highest BCUT2D eigenvalue weighted by molar-refractivity contribution is 5.76. The van der Waals surface area contributed by atoms with Crippen molar-refractivity contribution >= 4 is 5.97 Å². The number of hydrogen-bond donors (Lipinski definition) is 1. The predicted octanol–water partition coefficient (Wildman–Crippen LogP) is 1.08. The number of hydrogen-bond acceptors (Lipinski definition) is 3. The Morgan fingerprint density at radius 1 is 1.38 bits per heavy atom. The zero-order valence-corrected chi connectivity index (χ0v) is 7.92. The number of carbonyl (C=O) groups excluding carboxylic acids is 1. The van der Waals surface area contributed by atoms with Crippen LogP contribution in [-0.4, -0.2) is 25.2 Å². The van der Waals surface area contributed by atoms with E-state index in [4.69, 9.17) is 4.74 Å². The van der Waals surface area contributed by atoms with Crippen LogP contribution in [0.2, 0.25) is 0 Å². The summed E-state index contributed by atoms with van der Waals surface area (Å²) in [6.45, 7) is 1.59. The largest absolute Gasteiger partial charge is 0.465 e. The molecule has 0 bridgehead atoms. The molecule has 74 valence electrons. The van der Waals surface area contributed by atoms with Crippen LogP contribution >= 0.6 is 0 Å². The molecule has 3 nitrogen and oxygen atoms in total. The van der Waals surface area contributed by atoms with E-state index in [-0.39, 0.29) is 12.0 Å². The van der Waals surface area contributed by atoms with E-state index in [1.807, 2.05) is 0 Å². The van der Waals surface area contributed by atoms with Crippen molar-refractivity contribution in [1.29, 1.82) is 0 Å². The summed E-state index contributed by atoms with van der Waals surface area (Å²) in [5.41, 5.74) is 0. The Bertz CT molecular complexity index is 183. The lowest BCUT2D eigenvalue weighted by Crippen LogP contribution is -2.32. The Balaban J connectivity index is 1.59. The van der Waals surface area contributed by atoms with Crippen molar-refractivity contribution < 1.29 is 9.53 Å². The highest BCUT2D eigenvalue weighted by atomic mass is 16.5. The van der Waals surface area contributed by atoms with Crippen LogP contribution in [0.5, 0.6) is 0 Å². The van der Waals surface area contributed by atoms with Gasteiger partial charge in [-0.1, -0.05) is 12.8 Å². The molecule has 0 spiro atoms. The van der Waals surface area contributed by atoms with Crippen LogP contribution in [0.4, 0.5) is 0 Å². The van der Waals surface area contributed by atoms with Crippen molar-refractivity contribution in [2.24, 2.45) is 5.92 Å². The Morgan fingerprint density at radius 2 is 2.23 bits per heavy atom. The lowest BCUT2D eigenvalue weighted by Gasteiger charge is -2.09. The number of carbonyl (C=O) groups is 1. The molecule has 1 aliphatic heterocycles. The SMILES string of the molecule is O=C(OCCC1CC1)[C@@H]1CCCN1. The normalized spacial score (nSPS) is 27.5. The molecule has 3 heteroatoms. The molecule has 13 heavy (non-hydrogen) atoms. The summed E-state index contributed by atoms with van der Waals surface area (Å²) in [7, 11) is 0. The van der Waals surface area contributed by atoms with Gasteiger partial charge in [-0.25, -0.2) is 0 Å². The van der Waals surface area contributed by atoms with Crippen molar-refractivity contribution in [3.8, 4) is 0 Å². The smallest absolute Gasteiger partial charge is 0.323 e. The second-order valence-corrected chi connectivity index (χ2v) is 4.05. The van der Waals surface area contributed by atoms with E-state index < -0.39 is 0 Å². The average Bonchev–Trinajstić information content (AvgIpc) is 2.80. The van der Waals surface area contributed by atoms with E-state index in [0.29, 0.717) is 6.61 Å². The zero-order chi connectivity index (χ0) is 9.10. The summed E-state index contributed by atoms with van der Waals surface area (Å²) in [6, 6.07) is -0.0146. The third-order valence-electron chi connectivity index (χ3n) is 2.81. The maximum absolute atomic E-state index is 11.4. The minimum absolute atomic E-state index is 0.0146. The zero-order valence-electron chi connectivity index (χ0n) is 7.92. The van der Waals surface area contributed by atoms with Crippen LogP contribution in [0.3, 0.4) is 0 Å². The molecule has 0 aromatic heterocycles. The third kappa shape index (κ3) is 2.69. The number of rotatable bonds is 4. The molecule has 0 aromatic rings. The van der Waals surface area contributed by atoms with Crippen LogP contribution in [0, 0.1) is 5.92 Å². The van der Waals surface area contributed by atoms with Crippen LogP contribution in [-0.2, 0) is 9.53 Å². The molecule has 0 radical (unpaired) electrons. The topological polar surface area (TPSA) is 38.3 Å². The van der Waals surface area contributed by atoms with Crippen molar-refractivity contribution in [3.63, 3.8) is 0 Å². The number of nitrogens with one attached hydrogen (secondary N) is 1. The van der Waals surface area contributed by atoms with Crippen LogP contribution in [0.1, 0.15) is 32.1 Å². The quantitative estimate of drug-likeness (QED) is 0.663. The summed E-state index contributed by atoms with van der Waals surface area (Å²) in [5.74, 6) is 0.808. The van der Waals surface area contributed by atoms with Gasteiger partial charge in [0.15, 0.2) is 0 Å². The summed E-state index contributed by atoms with van der Waals surface area (Å²) < 4.78 is 5.18. The molecule has 2 aliphatic rings. The van der Waals surface area contributed by atoms with Crippen LogP contribution in [0.25, 0.3) is 0 Å². The molecule has 0 unspecified atom stereocenters. The van der Waals surface area contributed by atoms with Crippen molar-refractivity contribution in [3.05, 3.63) is 0 Å². The van der Waals surface area contributed by atoms with E-state index in [1.165, 1.54) is 12.8 Å². The van der Waals surface area contributed by atoms with Gasteiger partial charge in [-0.3, -0.25) is 4.79 Å². The van der Waals surface area contributed by atoms with Gasteiger partial charge in [0, 0.05) is 0 Å². The molecule has 1 saturated carbocycles. The fraction of sp³-hybridized carbons (Fsp3) is 0.900. The first-order chi connectivity index (χ1) is 6.36. The van der Waals surface area contributed by atoms with E-state index in [1.54, 1.807) is 0 Å². The van der Waals surface area contributed by atoms with Gasteiger partial charge < -0.3 is 10.1 Å². The fourth-order valence-electron chi connectivity index (χ4n) is 1.72. The van der Waals surface area contributed by atoms with E-state index >= 15 is 0 Å². The van der Waals surface area contributed by atoms with Crippen LogP contribution < -0.4 is 5.32 Å². The summed E-state index contributed by atoms with van der Waals surface area (Å²) in [4.78, 5) is 11.4. The lowest BCUT2D eigenvalue weighted by atomic mass is 10.2. The number of ether oxygens (including phenoxy) is 1.